The number of anilines is 1. The average molecular weight is 459 g/mol. The Balaban J connectivity index is 1.53. The van der Waals surface area contributed by atoms with Crippen LogP contribution in [0.15, 0.2) is 24.4 Å². The number of hydrogen-bond donors (Lipinski definition) is 3. The molecule has 4 rings (SSSR count). The van der Waals surface area contributed by atoms with Crippen molar-refractivity contribution in [3.8, 4) is 11.1 Å². The Morgan fingerprint density at radius 2 is 2.00 bits per heavy atom. The second-order valence-corrected chi connectivity index (χ2v) is 9.76. The highest BCUT2D eigenvalue weighted by Crippen LogP contribution is 2.31. The maximum atomic E-state index is 15.0. The average Bonchev–Trinajstić information content (AvgIpc) is 3.18. The Hall–Kier alpha value is -2.58. The van der Waals surface area contributed by atoms with E-state index < -0.39 is 23.1 Å². The molecule has 1 aliphatic carbocycles. The molecule has 0 unspecified atom stereocenters. The zero-order valence-electron chi connectivity index (χ0n) is 19.2. The van der Waals surface area contributed by atoms with Gasteiger partial charge in [0, 0.05) is 41.5 Å². The standard InChI is InChI=1S/C25H32F2N4O2/c1-15-4-3-11-31(15)14-16-5-6-19(22(27)21(16)26)17-12-20(23(28)29-13-17)24(32)30-18-7-9-25(2,33)10-8-18/h5-6,12-13,15,18,33H,3-4,7-11,14H2,1-2H3,(H2,28,29)(H,30,32)/t15-,18-,25-/m1/s1. The van der Waals surface area contributed by atoms with Crippen molar-refractivity contribution in [3.63, 3.8) is 0 Å². The fourth-order valence-electron chi connectivity index (χ4n) is 4.83. The van der Waals surface area contributed by atoms with Crippen LogP contribution in [0.2, 0.25) is 0 Å². The van der Waals surface area contributed by atoms with Gasteiger partial charge in [-0.1, -0.05) is 12.1 Å². The number of aromatic nitrogens is 1. The minimum absolute atomic E-state index is 0.0274. The highest BCUT2D eigenvalue weighted by Gasteiger charge is 2.30. The van der Waals surface area contributed by atoms with Gasteiger partial charge in [0.2, 0.25) is 0 Å². The van der Waals surface area contributed by atoms with Crippen LogP contribution in [-0.2, 0) is 6.54 Å². The van der Waals surface area contributed by atoms with Crippen LogP contribution in [-0.4, -0.2) is 45.1 Å². The number of carbonyl (C=O) groups is 1. The molecule has 8 heteroatoms. The fraction of sp³-hybridized carbons (Fsp3) is 0.520. The highest BCUT2D eigenvalue weighted by molar-refractivity contribution is 5.99. The molecular formula is C25H32F2N4O2. The van der Waals surface area contributed by atoms with E-state index in [2.05, 4.69) is 22.1 Å². The zero-order chi connectivity index (χ0) is 23.8. The van der Waals surface area contributed by atoms with E-state index in [1.165, 1.54) is 18.3 Å². The Kier molecular flexibility index (Phi) is 6.68. The predicted octanol–water partition coefficient (Wildman–Crippen LogP) is 4.02. The number of nitrogen functional groups attached to an aromatic ring is 1. The van der Waals surface area contributed by atoms with Gasteiger partial charge in [-0.15, -0.1) is 0 Å². The van der Waals surface area contributed by atoms with Crippen molar-refractivity contribution in [3.05, 3.63) is 47.2 Å². The first-order valence-corrected chi connectivity index (χ1v) is 11.6. The third kappa shape index (κ3) is 5.17. The van der Waals surface area contributed by atoms with Crippen molar-refractivity contribution < 1.29 is 18.7 Å². The Morgan fingerprint density at radius 3 is 2.67 bits per heavy atom. The van der Waals surface area contributed by atoms with Gasteiger partial charge in [0.05, 0.1) is 11.2 Å². The molecule has 1 atom stereocenters. The molecule has 2 heterocycles. The van der Waals surface area contributed by atoms with E-state index in [1.807, 2.05) is 0 Å². The van der Waals surface area contributed by atoms with Crippen molar-refractivity contribution in [2.75, 3.05) is 12.3 Å². The van der Waals surface area contributed by atoms with Crippen LogP contribution in [0, 0.1) is 11.6 Å². The minimum Gasteiger partial charge on any atom is -0.390 e. The van der Waals surface area contributed by atoms with E-state index in [-0.39, 0.29) is 23.0 Å². The highest BCUT2D eigenvalue weighted by atomic mass is 19.2. The van der Waals surface area contributed by atoms with Gasteiger partial charge in [-0.25, -0.2) is 13.8 Å². The Morgan fingerprint density at radius 1 is 1.27 bits per heavy atom. The summed E-state index contributed by atoms with van der Waals surface area (Å²) in [5.74, 6) is -2.20. The molecule has 2 aliphatic rings. The number of aliphatic hydroxyl groups is 1. The van der Waals surface area contributed by atoms with Crippen LogP contribution in [0.3, 0.4) is 0 Å². The first-order chi connectivity index (χ1) is 15.6. The third-order valence-electron chi connectivity index (χ3n) is 7.10. The quantitative estimate of drug-likeness (QED) is 0.630. The second kappa shape index (κ2) is 9.35. The Labute approximate surface area is 193 Å². The van der Waals surface area contributed by atoms with E-state index in [1.54, 1.807) is 13.0 Å². The lowest BCUT2D eigenvalue weighted by molar-refractivity contribution is 0.0140. The maximum absolute atomic E-state index is 15.0. The molecule has 0 spiro atoms. The van der Waals surface area contributed by atoms with Gasteiger partial charge in [-0.05, 0) is 65.0 Å². The van der Waals surface area contributed by atoms with Crippen molar-refractivity contribution in [1.82, 2.24) is 15.2 Å². The molecule has 33 heavy (non-hydrogen) atoms. The van der Waals surface area contributed by atoms with E-state index >= 15 is 4.39 Å². The first-order valence-electron chi connectivity index (χ1n) is 11.6. The van der Waals surface area contributed by atoms with E-state index in [9.17, 15) is 14.3 Å². The molecule has 4 N–H and O–H groups in total. The smallest absolute Gasteiger partial charge is 0.255 e. The number of nitrogens with zero attached hydrogens (tertiary/aromatic N) is 2. The summed E-state index contributed by atoms with van der Waals surface area (Å²) in [6, 6.07) is 4.86. The SMILES string of the molecule is C[C@@H]1CCCN1Cc1ccc(-c2cnc(N)c(C(=O)N[C@H]3CC[C@](C)(O)CC3)c2)c(F)c1F. The molecule has 1 aromatic carbocycles. The third-order valence-corrected chi connectivity index (χ3v) is 7.10. The summed E-state index contributed by atoms with van der Waals surface area (Å²) in [5.41, 5.74) is 6.00. The summed E-state index contributed by atoms with van der Waals surface area (Å²) >= 11 is 0. The van der Waals surface area contributed by atoms with Crippen molar-refractivity contribution >= 4 is 11.7 Å². The molecule has 0 bridgehead atoms. The van der Waals surface area contributed by atoms with Gasteiger partial charge in [-0.3, -0.25) is 9.69 Å². The first kappa shape index (κ1) is 23.6. The number of benzene rings is 1. The van der Waals surface area contributed by atoms with Crippen molar-refractivity contribution in [2.45, 2.75) is 76.6 Å². The van der Waals surface area contributed by atoms with Crippen LogP contribution in [0.1, 0.15) is 68.3 Å². The van der Waals surface area contributed by atoms with E-state index in [0.717, 1.165) is 19.4 Å². The number of pyridine rings is 1. The van der Waals surface area contributed by atoms with Gasteiger partial charge in [-0.2, -0.15) is 0 Å². The van der Waals surface area contributed by atoms with Crippen LogP contribution in [0.4, 0.5) is 14.6 Å². The molecule has 1 saturated carbocycles. The molecular weight excluding hydrogens is 426 g/mol. The number of likely N-dealkylation sites (tertiary alicyclic amines) is 1. The molecule has 2 aromatic rings. The summed E-state index contributed by atoms with van der Waals surface area (Å²) in [5, 5.41) is 13.0. The molecule has 0 radical (unpaired) electrons. The summed E-state index contributed by atoms with van der Waals surface area (Å²) in [7, 11) is 0. The van der Waals surface area contributed by atoms with Gasteiger partial charge >= 0.3 is 0 Å². The molecule has 178 valence electrons. The monoisotopic (exact) mass is 458 g/mol. The van der Waals surface area contributed by atoms with Gasteiger partial charge in [0.25, 0.3) is 5.91 Å². The summed E-state index contributed by atoms with van der Waals surface area (Å²) in [6.07, 6.45) is 5.97. The number of nitrogens with one attached hydrogen (secondary N) is 1. The fourth-order valence-corrected chi connectivity index (χ4v) is 4.83. The topological polar surface area (TPSA) is 91.5 Å². The molecule has 6 nitrogen and oxygen atoms in total. The molecule has 1 amide bonds. The second-order valence-electron chi connectivity index (χ2n) is 9.76. The minimum atomic E-state index is -0.952. The lowest BCUT2D eigenvalue weighted by atomic mass is 9.83. The lowest BCUT2D eigenvalue weighted by Crippen LogP contribution is -2.42. The van der Waals surface area contributed by atoms with Gasteiger partial charge in [0.1, 0.15) is 5.82 Å². The van der Waals surface area contributed by atoms with Crippen LogP contribution in [0.5, 0.6) is 0 Å². The van der Waals surface area contributed by atoms with Gasteiger partial charge in [0.15, 0.2) is 11.6 Å². The molecule has 1 saturated heterocycles. The van der Waals surface area contributed by atoms with Crippen LogP contribution >= 0.6 is 0 Å². The van der Waals surface area contributed by atoms with E-state index in [0.29, 0.717) is 49.4 Å². The number of nitrogens with two attached hydrogens (primary N) is 1. The van der Waals surface area contributed by atoms with E-state index in [4.69, 9.17) is 5.73 Å². The number of carbonyl (C=O) groups excluding carboxylic acids is 1. The van der Waals surface area contributed by atoms with Crippen LogP contribution < -0.4 is 11.1 Å². The molecule has 1 aliphatic heterocycles. The normalized spacial score (nSPS) is 25.8. The number of amides is 1. The number of hydrogen-bond acceptors (Lipinski definition) is 5. The number of halogens is 2. The van der Waals surface area contributed by atoms with Crippen molar-refractivity contribution in [1.29, 1.82) is 0 Å². The number of rotatable bonds is 5. The lowest BCUT2D eigenvalue weighted by Gasteiger charge is -2.33. The maximum Gasteiger partial charge on any atom is 0.255 e. The van der Waals surface area contributed by atoms with Gasteiger partial charge < -0.3 is 16.2 Å². The molecule has 1 aromatic heterocycles. The largest absolute Gasteiger partial charge is 0.390 e. The summed E-state index contributed by atoms with van der Waals surface area (Å²) in [4.78, 5) is 19.0. The van der Waals surface area contributed by atoms with Crippen molar-refractivity contribution in [2.24, 2.45) is 0 Å². The Bertz CT molecular complexity index is 1030. The molecule has 2 fully saturated rings. The van der Waals surface area contributed by atoms with Crippen LogP contribution in [0.25, 0.3) is 11.1 Å². The predicted molar refractivity (Wildman–Crippen MR) is 123 cm³/mol. The zero-order valence-corrected chi connectivity index (χ0v) is 19.2. The summed E-state index contributed by atoms with van der Waals surface area (Å²) in [6.45, 7) is 5.13. The summed E-state index contributed by atoms with van der Waals surface area (Å²) < 4.78 is 29.9.